The lowest BCUT2D eigenvalue weighted by molar-refractivity contribution is 0.0420. The molecule has 3 nitrogen and oxygen atoms in total. The Bertz CT molecular complexity index is 603. The second-order valence-electron chi connectivity index (χ2n) is 6.43. The average Bonchev–Trinajstić information content (AvgIpc) is 2.84. The van der Waals surface area contributed by atoms with Crippen molar-refractivity contribution in [3.63, 3.8) is 0 Å². The number of aldehydes is 1. The Hall–Kier alpha value is -1.77. The number of benzene rings is 1. The molecule has 1 aliphatic heterocycles. The molecule has 21 heavy (non-hydrogen) atoms. The van der Waals surface area contributed by atoms with Gasteiger partial charge in [-0.05, 0) is 45.2 Å². The van der Waals surface area contributed by atoms with Gasteiger partial charge in [0.05, 0.1) is 7.11 Å². The first-order chi connectivity index (χ1) is 10.1. The van der Waals surface area contributed by atoms with Crippen LogP contribution in [0.2, 0.25) is 0 Å². The summed E-state index contributed by atoms with van der Waals surface area (Å²) in [6, 6.07) is 3.63. The third-order valence-corrected chi connectivity index (χ3v) is 4.92. The van der Waals surface area contributed by atoms with E-state index in [1.807, 2.05) is 6.07 Å². The summed E-state index contributed by atoms with van der Waals surface area (Å²) in [6.45, 7) is 4.38. The number of hydrogen-bond acceptors (Lipinski definition) is 3. The summed E-state index contributed by atoms with van der Waals surface area (Å²) in [5, 5.41) is 0. The van der Waals surface area contributed by atoms with Gasteiger partial charge >= 0.3 is 0 Å². The number of ether oxygens (including phenoxy) is 2. The van der Waals surface area contributed by atoms with Gasteiger partial charge in [0.15, 0.2) is 0 Å². The van der Waals surface area contributed by atoms with Gasteiger partial charge in [0.2, 0.25) is 0 Å². The summed E-state index contributed by atoms with van der Waals surface area (Å²) in [5.41, 5.74) is 2.98. The zero-order chi connectivity index (χ0) is 15.0. The van der Waals surface area contributed by atoms with Crippen LogP contribution in [0.25, 0.3) is 0 Å². The molecule has 0 aromatic heterocycles. The van der Waals surface area contributed by atoms with Gasteiger partial charge in [-0.3, -0.25) is 4.79 Å². The van der Waals surface area contributed by atoms with E-state index >= 15 is 0 Å². The molecule has 2 aliphatic rings. The molecule has 0 fully saturated rings. The molecule has 3 rings (SSSR count). The largest absolute Gasteiger partial charge is 0.496 e. The van der Waals surface area contributed by atoms with Crippen LogP contribution in [-0.2, 0) is 6.42 Å². The maximum Gasteiger partial charge on any atom is 0.150 e. The van der Waals surface area contributed by atoms with Crippen LogP contribution in [0.1, 0.15) is 49.0 Å². The maximum atomic E-state index is 11.1. The van der Waals surface area contributed by atoms with Crippen molar-refractivity contribution >= 4 is 6.29 Å². The summed E-state index contributed by atoms with van der Waals surface area (Å²) in [6.07, 6.45) is 7.40. The molecule has 1 aromatic carbocycles. The summed E-state index contributed by atoms with van der Waals surface area (Å²) >= 11 is 0. The molecule has 3 heteroatoms. The lowest BCUT2D eigenvalue weighted by atomic mass is 9.76. The van der Waals surface area contributed by atoms with Gasteiger partial charge in [-0.2, -0.15) is 0 Å². The van der Waals surface area contributed by atoms with E-state index < -0.39 is 0 Å². The predicted octanol–water partition coefficient (Wildman–Crippen LogP) is 3.95. The van der Waals surface area contributed by atoms with Crippen molar-refractivity contribution in [3.05, 3.63) is 34.9 Å². The summed E-state index contributed by atoms with van der Waals surface area (Å²) in [7, 11) is 1.65. The monoisotopic (exact) mass is 286 g/mol. The van der Waals surface area contributed by atoms with Crippen molar-refractivity contribution in [2.24, 2.45) is 5.92 Å². The van der Waals surface area contributed by atoms with E-state index in [0.717, 1.165) is 49.0 Å². The number of fused-ring (bicyclic) bond motifs is 1. The molecule has 0 bridgehead atoms. The molecule has 0 amide bonds. The van der Waals surface area contributed by atoms with Crippen molar-refractivity contribution in [1.82, 2.24) is 0 Å². The number of allylic oxidation sites excluding steroid dienone is 2. The molecule has 0 saturated heterocycles. The van der Waals surface area contributed by atoms with Crippen molar-refractivity contribution in [2.75, 3.05) is 7.11 Å². The Morgan fingerprint density at radius 2 is 2.24 bits per heavy atom. The molecular weight excluding hydrogens is 264 g/mol. The first-order valence-corrected chi connectivity index (χ1v) is 7.56. The molecule has 1 aromatic rings. The molecule has 0 saturated carbocycles. The van der Waals surface area contributed by atoms with E-state index in [9.17, 15) is 4.79 Å². The Kier molecular flexibility index (Phi) is 3.52. The SMILES string of the molecule is COc1cc(C=O)cc2c1C[C@@](C)(C1CC=C(C)CC1)O2. The molecule has 0 spiro atoms. The minimum atomic E-state index is -0.200. The van der Waals surface area contributed by atoms with Crippen LogP contribution in [0, 0.1) is 5.92 Å². The fraction of sp³-hybridized carbons (Fsp3) is 0.500. The lowest BCUT2D eigenvalue weighted by Crippen LogP contribution is -2.40. The van der Waals surface area contributed by atoms with E-state index in [2.05, 4.69) is 19.9 Å². The van der Waals surface area contributed by atoms with Crippen LogP contribution in [-0.4, -0.2) is 19.0 Å². The summed E-state index contributed by atoms with van der Waals surface area (Å²) < 4.78 is 11.7. The zero-order valence-corrected chi connectivity index (χ0v) is 12.9. The molecule has 0 radical (unpaired) electrons. The minimum absolute atomic E-state index is 0.200. The molecule has 1 unspecified atom stereocenters. The van der Waals surface area contributed by atoms with Crippen LogP contribution < -0.4 is 9.47 Å². The van der Waals surface area contributed by atoms with Crippen LogP contribution >= 0.6 is 0 Å². The summed E-state index contributed by atoms with van der Waals surface area (Å²) in [5.74, 6) is 2.09. The van der Waals surface area contributed by atoms with E-state index in [0.29, 0.717) is 11.5 Å². The topological polar surface area (TPSA) is 35.5 Å². The minimum Gasteiger partial charge on any atom is -0.496 e. The van der Waals surface area contributed by atoms with Crippen molar-refractivity contribution in [1.29, 1.82) is 0 Å². The highest BCUT2D eigenvalue weighted by Crippen LogP contribution is 2.47. The van der Waals surface area contributed by atoms with Gasteiger partial charge in [0, 0.05) is 23.5 Å². The quantitative estimate of drug-likeness (QED) is 0.623. The van der Waals surface area contributed by atoms with Gasteiger partial charge in [-0.15, -0.1) is 0 Å². The molecule has 1 heterocycles. The second kappa shape index (κ2) is 5.21. The molecule has 112 valence electrons. The van der Waals surface area contributed by atoms with Crippen molar-refractivity contribution in [3.8, 4) is 11.5 Å². The normalized spacial score (nSPS) is 27.6. The standard InChI is InChI=1S/C18H22O3/c1-12-4-6-14(7-5-12)18(2)10-15-16(20-3)8-13(11-19)9-17(15)21-18/h4,8-9,11,14H,5-7,10H2,1-3H3/t14?,18-/m0/s1. The van der Waals surface area contributed by atoms with Crippen LogP contribution in [0.5, 0.6) is 11.5 Å². The van der Waals surface area contributed by atoms with E-state index in [4.69, 9.17) is 9.47 Å². The zero-order valence-electron chi connectivity index (χ0n) is 12.9. The van der Waals surface area contributed by atoms with E-state index in [-0.39, 0.29) is 5.60 Å². The second-order valence-corrected chi connectivity index (χ2v) is 6.43. The van der Waals surface area contributed by atoms with Gasteiger partial charge in [-0.25, -0.2) is 0 Å². The third-order valence-electron chi connectivity index (χ3n) is 4.92. The highest BCUT2D eigenvalue weighted by atomic mass is 16.5. The Morgan fingerprint density at radius 3 is 2.86 bits per heavy atom. The number of methoxy groups -OCH3 is 1. The molecular formula is C18H22O3. The number of rotatable bonds is 3. The average molecular weight is 286 g/mol. The fourth-order valence-electron chi connectivity index (χ4n) is 3.54. The Balaban J connectivity index is 1.91. The van der Waals surface area contributed by atoms with Gasteiger partial charge < -0.3 is 9.47 Å². The predicted molar refractivity (Wildman–Crippen MR) is 82.2 cm³/mol. The first-order valence-electron chi connectivity index (χ1n) is 7.56. The fourth-order valence-corrected chi connectivity index (χ4v) is 3.54. The maximum absolute atomic E-state index is 11.1. The first kappa shape index (κ1) is 14.2. The van der Waals surface area contributed by atoms with Crippen molar-refractivity contribution in [2.45, 2.75) is 45.1 Å². The third kappa shape index (κ3) is 2.45. The van der Waals surface area contributed by atoms with E-state index in [1.54, 1.807) is 13.2 Å². The van der Waals surface area contributed by atoms with Crippen LogP contribution in [0.3, 0.4) is 0 Å². The van der Waals surface area contributed by atoms with Crippen LogP contribution in [0.4, 0.5) is 0 Å². The number of hydrogen-bond donors (Lipinski definition) is 0. The highest BCUT2D eigenvalue weighted by molar-refractivity contribution is 5.78. The van der Waals surface area contributed by atoms with Crippen molar-refractivity contribution < 1.29 is 14.3 Å². The van der Waals surface area contributed by atoms with Crippen LogP contribution in [0.15, 0.2) is 23.8 Å². The van der Waals surface area contributed by atoms with Gasteiger partial charge in [-0.1, -0.05) is 11.6 Å². The molecule has 0 N–H and O–H groups in total. The highest BCUT2D eigenvalue weighted by Gasteiger charge is 2.43. The number of carbonyl (C=O) groups is 1. The van der Waals surface area contributed by atoms with Gasteiger partial charge in [0.25, 0.3) is 0 Å². The lowest BCUT2D eigenvalue weighted by Gasteiger charge is -2.35. The number of carbonyl (C=O) groups excluding carboxylic acids is 1. The smallest absolute Gasteiger partial charge is 0.150 e. The molecule has 2 atom stereocenters. The van der Waals surface area contributed by atoms with Gasteiger partial charge in [0.1, 0.15) is 23.4 Å². The van der Waals surface area contributed by atoms with E-state index in [1.165, 1.54) is 5.57 Å². The Labute approximate surface area is 125 Å². The molecule has 1 aliphatic carbocycles. The summed E-state index contributed by atoms with van der Waals surface area (Å²) in [4.78, 5) is 11.1. The Morgan fingerprint density at radius 1 is 1.43 bits per heavy atom.